The van der Waals surface area contributed by atoms with Gasteiger partial charge in [-0.15, -0.1) is 0 Å². The largest absolute Gasteiger partial charge is 0.478 e. The number of aromatic nitrogens is 1. The lowest BCUT2D eigenvalue weighted by Crippen LogP contribution is -2.42. The summed E-state index contributed by atoms with van der Waals surface area (Å²) < 4.78 is 10.9. The number of pyridine rings is 1. The summed E-state index contributed by atoms with van der Waals surface area (Å²) >= 11 is 0. The molecule has 5 heteroatoms. The Hall–Kier alpha value is -1.62. The molecular formula is C15H24N2O3. The monoisotopic (exact) mass is 280 g/mol. The Labute approximate surface area is 120 Å². The van der Waals surface area contributed by atoms with Crippen LogP contribution in [0.2, 0.25) is 0 Å². The number of carbonyl (C=O) groups excluding carboxylic acids is 1. The predicted octanol–water partition coefficient (Wildman–Crippen LogP) is 3.01. The van der Waals surface area contributed by atoms with Crippen LogP contribution in [0.3, 0.4) is 0 Å². The van der Waals surface area contributed by atoms with E-state index in [2.05, 4.69) is 10.3 Å². The van der Waals surface area contributed by atoms with Gasteiger partial charge < -0.3 is 14.8 Å². The molecule has 0 bridgehead atoms. The van der Waals surface area contributed by atoms with Crippen LogP contribution in [0.25, 0.3) is 0 Å². The quantitative estimate of drug-likeness (QED) is 0.795. The van der Waals surface area contributed by atoms with E-state index in [0.29, 0.717) is 31.2 Å². The minimum absolute atomic E-state index is 0.153. The van der Waals surface area contributed by atoms with Gasteiger partial charge in [0.25, 0.3) is 5.91 Å². The van der Waals surface area contributed by atoms with Crippen LogP contribution >= 0.6 is 0 Å². The standard InChI is InChI=1S/C15H24N2O3/c1-5-10-20-15(4,6-2)14(18)17-12-8-9-13(16-11-12)19-7-3/h8-9,11H,5-7,10H2,1-4H3,(H,17,18)/t15-/m1/s1. The molecule has 0 fully saturated rings. The number of ether oxygens (including phenoxy) is 2. The topological polar surface area (TPSA) is 60.5 Å². The lowest BCUT2D eigenvalue weighted by atomic mass is 10.0. The van der Waals surface area contributed by atoms with Crippen molar-refractivity contribution in [2.45, 2.75) is 46.1 Å². The van der Waals surface area contributed by atoms with Crippen LogP contribution in [-0.4, -0.2) is 29.7 Å². The predicted molar refractivity (Wildman–Crippen MR) is 79.0 cm³/mol. The van der Waals surface area contributed by atoms with Gasteiger partial charge in [-0.25, -0.2) is 4.98 Å². The Morgan fingerprint density at radius 3 is 2.60 bits per heavy atom. The Bertz CT molecular complexity index is 420. The van der Waals surface area contributed by atoms with E-state index in [0.717, 1.165) is 6.42 Å². The third-order valence-electron chi connectivity index (χ3n) is 3.07. The number of carbonyl (C=O) groups is 1. The van der Waals surface area contributed by atoms with Crippen LogP contribution in [0.5, 0.6) is 5.88 Å². The van der Waals surface area contributed by atoms with Gasteiger partial charge in [0.1, 0.15) is 5.60 Å². The maximum Gasteiger partial charge on any atom is 0.256 e. The molecule has 0 spiro atoms. The van der Waals surface area contributed by atoms with Gasteiger partial charge in [0.2, 0.25) is 5.88 Å². The normalized spacial score (nSPS) is 13.6. The average molecular weight is 280 g/mol. The zero-order valence-corrected chi connectivity index (χ0v) is 12.7. The first kappa shape index (κ1) is 16.4. The maximum absolute atomic E-state index is 12.3. The Morgan fingerprint density at radius 2 is 2.10 bits per heavy atom. The fourth-order valence-corrected chi connectivity index (χ4v) is 1.61. The molecule has 5 nitrogen and oxygen atoms in total. The summed E-state index contributed by atoms with van der Waals surface area (Å²) in [6, 6.07) is 3.50. The third-order valence-corrected chi connectivity index (χ3v) is 3.07. The molecule has 0 saturated carbocycles. The van der Waals surface area contributed by atoms with Gasteiger partial charge in [0.05, 0.1) is 18.5 Å². The van der Waals surface area contributed by atoms with Crippen molar-refractivity contribution in [3.05, 3.63) is 18.3 Å². The molecule has 1 amide bonds. The van der Waals surface area contributed by atoms with Crippen LogP contribution in [0.1, 0.15) is 40.5 Å². The first-order valence-electron chi connectivity index (χ1n) is 7.10. The molecule has 1 N–H and O–H groups in total. The van der Waals surface area contributed by atoms with E-state index in [1.54, 1.807) is 25.3 Å². The summed E-state index contributed by atoms with van der Waals surface area (Å²) in [5.41, 5.74) is -0.174. The van der Waals surface area contributed by atoms with E-state index < -0.39 is 5.60 Å². The van der Waals surface area contributed by atoms with Gasteiger partial charge in [-0.3, -0.25) is 4.79 Å². The molecule has 0 aliphatic rings. The van der Waals surface area contributed by atoms with Gasteiger partial charge >= 0.3 is 0 Å². The molecule has 0 unspecified atom stereocenters. The van der Waals surface area contributed by atoms with E-state index in [1.807, 2.05) is 20.8 Å². The fraction of sp³-hybridized carbons (Fsp3) is 0.600. The maximum atomic E-state index is 12.3. The van der Waals surface area contributed by atoms with Crippen molar-refractivity contribution in [2.24, 2.45) is 0 Å². The van der Waals surface area contributed by atoms with E-state index >= 15 is 0 Å². The molecule has 0 aromatic carbocycles. The second-order valence-electron chi connectivity index (χ2n) is 4.71. The zero-order chi connectivity index (χ0) is 15.0. The minimum atomic E-state index is -0.811. The van der Waals surface area contributed by atoms with Crippen LogP contribution in [-0.2, 0) is 9.53 Å². The van der Waals surface area contributed by atoms with Crippen molar-refractivity contribution in [1.82, 2.24) is 4.98 Å². The van der Waals surface area contributed by atoms with Crippen molar-refractivity contribution in [3.63, 3.8) is 0 Å². The molecule has 20 heavy (non-hydrogen) atoms. The summed E-state index contributed by atoms with van der Waals surface area (Å²) in [6.45, 7) is 8.79. The van der Waals surface area contributed by atoms with E-state index in [-0.39, 0.29) is 5.91 Å². The second kappa shape index (κ2) is 7.85. The number of nitrogens with one attached hydrogen (secondary N) is 1. The molecule has 1 atom stereocenters. The van der Waals surface area contributed by atoms with Crippen LogP contribution in [0, 0.1) is 0 Å². The Balaban J connectivity index is 2.68. The highest BCUT2D eigenvalue weighted by atomic mass is 16.5. The van der Waals surface area contributed by atoms with E-state index in [9.17, 15) is 4.79 Å². The average Bonchev–Trinajstić information content (AvgIpc) is 2.47. The van der Waals surface area contributed by atoms with Crippen molar-refractivity contribution in [1.29, 1.82) is 0 Å². The molecule has 0 radical (unpaired) electrons. The molecular weight excluding hydrogens is 256 g/mol. The first-order valence-corrected chi connectivity index (χ1v) is 7.10. The molecule has 1 aromatic heterocycles. The number of hydrogen-bond donors (Lipinski definition) is 1. The molecule has 0 aliphatic heterocycles. The number of nitrogens with zero attached hydrogens (tertiary/aromatic N) is 1. The van der Waals surface area contributed by atoms with Gasteiger partial charge in [0.15, 0.2) is 0 Å². The third kappa shape index (κ3) is 4.49. The smallest absolute Gasteiger partial charge is 0.256 e. The van der Waals surface area contributed by atoms with Crippen molar-refractivity contribution < 1.29 is 14.3 Å². The highest BCUT2D eigenvalue weighted by Crippen LogP contribution is 2.19. The lowest BCUT2D eigenvalue weighted by Gasteiger charge is -2.27. The molecule has 1 aromatic rings. The Morgan fingerprint density at radius 1 is 1.35 bits per heavy atom. The molecule has 0 aliphatic carbocycles. The minimum Gasteiger partial charge on any atom is -0.478 e. The number of rotatable bonds is 8. The van der Waals surface area contributed by atoms with E-state index in [1.165, 1.54) is 0 Å². The first-order chi connectivity index (χ1) is 9.55. The number of amides is 1. The highest BCUT2D eigenvalue weighted by Gasteiger charge is 2.32. The van der Waals surface area contributed by atoms with Crippen LogP contribution in [0.15, 0.2) is 18.3 Å². The summed E-state index contributed by atoms with van der Waals surface area (Å²) in [7, 11) is 0. The zero-order valence-electron chi connectivity index (χ0n) is 12.7. The van der Waals surface area contributed by atoms with E-state index in [4.69, 9.17) is 9.47 Å². The van der Waals surface area contributed by atoms with Gasteiger partial charge in [-0.2, -0.15) is 0 Å². The number of hydrogen-bond acceptors (Lipinski definition) is 4. The SMILES string of the molecule is CCCO[C@](C)(CC)C(=O)Nc1ccc(OCC)nc1. The second-order valence-corrected chi connectivity index (χ2v) is 4.71. The summed E-state index contributed by atoms with van der Waals surface area (Å²) in [4.78, 5) is 16.4. The summed E-state index contributed by atoms with van der Waals surface area (Å²) in [5.74, 6) is 0.394. The lowest BCUT2D eigenvalue weighted by molar-refractivity contribution is -0.139. The number of anilines is 1. The molecule has 1 heterocycles. The van der Waals surface area contributed by atoms with Gasteiger partial charge in [-0.05, 0) is 32.8 Å². The molecule has 1 rings (SSSR count). The highest BCUT2D eigenvalue weighted by molar-refractivity contribution is 5.96. The Kier molecular flexibility index (Phi) is 6.45. The molecule has 112 valence electrons. The van der Waals surface area contributed by atoms with Crippen molar-refractivity contribution >= 4 is 11.6 Å². The van der Waals surface area contributed by atoms with Crippen molar-refractivity contribution in [2.75, 3.05) is 18.5 Å². The van der Waals surface area contributed by atoms with Gasteiger partial charge in [0, 0.05) is 12.7 Å². The van der Waals surface area contributed by atoms with Crippen molar-refractivity contribution in [3.8, 4) is 5.88 Å². The fourth-order valence-electron chi connectivity index (χ4n) is 1.61. The van der Waals surface area contributed by atoms with Crippen LogP contribution in [0.4, 0.5) is 5.69 Å². The molecule has 0 saturated heterocycles. The summed E-state index contributed by atoms with van der Waals surface area (Å²) in [6.07, 6.45) is 3.08. The van der Waals surface area contributed by atoms with Crippen LogP contribution < -0.4 is 10.1 Å². The van der Waals surface area contributed by atoms with Gasteiger partial charge in [-0.1, -0.05) is 13.8 Å². The summed E-state index contributed by atoms with van der Waals surface area (Å²) in [5, 5.41) is 2.83.